The Balaban J connectivity index is 2.71. The molecule has 0 saturated carbocycles. The van der Waals surface area contributed by atoms with Crippen LogP contribution in [-0.2, 0) is 16.1 Å². The molecule has 0 bridgehead atoms. The van der Waals surface area contributed by atoms with Gasteiger partial charge in [0.1, 0.15) is 12.1 Å². The highest BCUT2D eigenvalue weighted by Crippen LogP contribution is 2.30. The third-order valence-electron chi connectivity index (χ3n) is 2.83. The SMILES string of the molecule is COC(=O)Cn1c(O)c(-c2ccccc2Br)c(=O)[nH]c1=O. The van der Waals surface area contributed by atoms with Gasteiger partial charge in [0.15, 0.2) is 0 Å². The summed E-state index contributed by atoms with van der Waals surface area (Å²) in [4.78, 5) is 37.0. The molecule has 0 atom stereocenters. The molecule has 7 nitrogen and oxygen atoms in total. The number of ether oxygens (including phenoxy) is 1. The minimum absolute atomic E-state index is 0.106. The van der Waals surface area contributed by atoms with Gasteiger partial charge in [0.2, 0.25) is 5.88 Å². The van der Waals surface area contributed by atoms with Crippen molar-refractivity contribution in [3.8, 4) is 17.0 Å². The molecule has 0 aliphatic carbocycles. The van der Waals surface area contributed by atoms with E-state index in [1.54, 1.807) is 24.3 Å². The van der Waals surface area contributed by atoms with Crippen LogP contribution in [0.5, 0.6) is 5.88 Å². The Kier molecular flexibility index (Phi) is 4.27. The molecule has 2 rings (SSSR count). The summed E-state index contributed by atoms with van der Waals surface area (Å²) in [5.74, 6) is -1.32. The molecule has 8 heteroatoms. The number of aromatic hydroxyl groups is 1. The number of nitrogens with one attached hydrogen (secondary N) is 1. The van der Waals surface area contributed by atoms with Crippen molar-refractivity contribution in [3.63, 3.8) is 0 Å². The normalized spacial score (nSPS) is 10.4. The predicted molar refractivity (Wildman–Crippen MR) is 78.1 cm³/mol. The highest BCUT2D eigenvalue weighted by molar-refractivity contribution is 9.10. The Hall–Kier alpha value is -2.35. The second kappa shape index (κ2) is 5.96. The van der Waals surface area contributed by atoms with Crippen LogP contribution in [0.4, 0.5) is 0 Å². The van der Waals surface area contributed by atoms with Gasteiger partial charge in [-0.15, -0.1) is 0 Å². The summed E-state index contributed by atoms with van der Waals surface area (Å²) >= 11 is 3.27. The fraction of sp³-hybridized carbons (Fsp3) is 0.154. The van der Waals surface area contributed by atoms with E-state index >= 15 is 0 Å². The summed E-state index contributed by atoms with van der Waals surface area (Å²) < 4.78 is 5.75. The molecule has 0 fully saturated rings. The summed E-state index contributed by atoms with van der Waals surface area (Å²) in [5.41, 5.74) is -1.34. The van der Waals surface area contributed by atoms with Gasteiger partial charge in [0.05, 0.1) is 7.11 Å². The van der Waals surface area contributed by atoms with Gasteiger partial charge in [-0.05, 0) is 6.07 Å². The predicted octanol–water partition coefficient (Wildman–Crippen LogP) is 0.845. The van der Waals surface area contributed by atoms with E-state index in [4.69, 9.17) is 0 Å². The summed E-state index contributed by atoms with van der Waals surface area (Å²) in [6, 6.07) is 6.70. The Morgan fingerprint density at radius 3 is 2.67 bits per heavy atom. The first-order chi connectivity index (χ1) is 9.95. The minimum atomic E-state index is -0.890. The number of benzene rings is 1. The summed E-state index contributed by atoms with van der Waals surface area (Å²) in [7, 11) is 1.16. The number of carbonyl (C=O) groups excluding carboxylic acids is 1. The summed E-state index contributed by atoms with van der Waals surface area (Å²) in [6.45, 7) is -0.505. The van der Waals surface area contributed by atoms with Crippen LogP contribution in [0.25, 0.3) is 11.1 Å². The molecule has 1 aromatic heterocycles. The molecule has 0 amide bonds. The molecular formula is C13H11BrN2O5. The highest BCUT2D eigenvalue weighted by atomic mass is 79.9. The maximum atomic E-state index is 12.0. The zero-order chi connectivity index (χ0) is 15.6. The lowest BCUT2D eigenvalue weighted by molar-refractivity contribution is -0.141. The molecule has 2 N–H and O–H groups in total. The van der Waals surface area contributed by atoms with Crippen LogP contribution >= 0.6 is 15.9 Å². The van der Waals surface area contributed by atoms with E-state index in [0.717, 1.165) is 11.7 Å². The Labute approximate surface area is 126 Å². The molecule has 0 spiro atoms. The molecular weight excluding hydrogens is 344 g/mol. The van der Waals surface area contributed by atoms with Gasteiger partial charge in [0.25, 0.3) is 5.56 Å². The zero-order valence-corrected chi connectivity index (χ0v) is 12.5. The van der Waals surface area contributed by atoms with E-state index in [0.29, 0.717) is 10.0 Å². The average Bonchev–Trinajstić information content (AvgIpc) is 2.45. The Morgan fingerprint density at radius 2 is 2.05 bits per heavy atom. The molecule has 1 aromatic carbocycles. The maximum absolute atomic E-state index is 12.0. The number of hydrogen-bond acceptors (Lipinski definition) is 5. The number of esters is 1. The number of aromatic nitrogens is 2. The van der Waals surface area contributed by atoms with Crippen molar-refractivity contribution in [3.05, 3.63) is 49.6 Å². The van der Waals surface area contributed by atoms with Crippen LogP contribution in [0.3, 0.4) is 0 Å². The van der Waals surface area contributed by atoms with Gasteiger partial charge >= 0.3 is 11.7 Å². The molecule has 110 valence electrons. The van der Waals surface area contributed by atoms with Gasteiger partial charge in [0, 0.05) is 10.0 Å². The average molecular weight is 355 g/mol. The van der Waals surface area contributed by atoms with Gasteiger partial charge in [-0.3, -0.25) is 19.1 Å². The molecule has 0 aliphatic heterocycles. The van der Waals surface area contributed by atoms with Gasteiger partial charge in [-0.1, -0.05) is 34.1 Å². The van der Waals surface area contributed by atoms with Gasteiger partial charge in [-0.25, -0.2) is 4.79 Å². The molecule has 1 heterocycles. The molecule has 2 aromatic rings. The summed E-state index contributed by atoms with van der Waals surface area (Å²) in [6.07, 6.45) is 0. The van der Waals surface area contributed by atoms with Crippen LogP contribution in [-0.4, -0.2) is 27.7 Å². The highest BCUT2D eigenvalue weighted by Gasteiger charge is 2.19. The van der Waals surface area contributed by atoms with Crippen LogP contribution in [0, 0.1) is 0 Å². The van der Waals surface area contributed by atoms with Crippen molar-refractivity contribution < 1.29 is 14.6 Å². The smallest absolute Gasteiger partial charge is 0.331 e. The third kappa shape index (κ3) is 2.89. The number of hydrogen-bond donors (Lipinski definition) is 2. The number of methoxy groups -OCH3 is 1. The molecule has 0 unspecified atom stereocenters. The topological polar surface area (TPSA) is 101 Å². The molecule has 0 aliphatic rings. The van der Waals surface area contributed by atoms with Crippen molar-refractivity contribution in [1.29, 1.82) is 0 Å². The minimum Gasteiger partial charge on any atom is -0.494 e. The quantitative estimate of drug-likeness (QED) is 0.795. The number of carbonyl (C=O) groups is 1. The third-order valence-corrected chi connectivity index (χ3v) is 3.52. The van der Waals surface area contributed by atoms with E-state index in [1.165, 1.54) is 0 Å². The Morgan fingerprint density at radius 1 is 1.38 bits per heavy atom. The first kappa shape index (κ1) is 15.0. The zero-order valence-electron chi connectivity index (χ0n) is 10.9. The Bertz CT molecular complexity index is 809. The number of halogens is 1. The monoisotopic (exact) mass is 354 g/mol. The fourth-order valence-electron chi connectivity index (χ4n) is 1.81. The number of aromatic amines is 1. The number of rotatable bonds is 3. The van der Waals surface area contributed by atoms with Gasteiger partial charge < -0.3 is 9.84 Å². The van der Waals surface area contributed by atoms with Gasteiger partial charge in [-0.2, -0.15) is 0 Å². The summed E-state index contributed by atoms with van der Waals surface area (Å²) in [5, 5.41) is 10.2. The van der Waals surface area contributed by atoms with Crippen molar-refractivity contribution >= 4 is 21.9 Å². The van der Waals surface area contributed by atoms with Crippen molar-refractivity contribution in [2.24, 2.45) is 0 Å². The molecule has 0 radical (unpaired) electrons. The van der Waals surface area contributed by atoms with Crippen LogP contribution in [0.1, 0.15) is 0 Å². The van der Waals surface area contributed by atoms with E-state index < -0.39 is 29.6 Å². The van der Waals surface area contributed by atoms with E-state index in [-0.39, 0.29) is 5.56 Å². The maximum Gasteiger partial charge on any atom is 0.331 e. The first-order valence-corrected chi connectivity index (χ1v) is 6.62. The first-order valence-electron chi connectivity index (χ1n) is 5.83. The van der Waals surface area contributed by atoms with E-state index in [2.05, 4.69) is 25.7 Å². The second-order valence-corrected chi connectivity index (χ2v) is 4.95. The molecule has 21 heavy (non-hydrogen) atoms. The fourth-order valence-corrected chi connectivity index (χ4v) is 2.29. The lowest BCUT2D eigenvalue weighted by atomic mass is 10.1. The largest absolute Gasteiger partial charge is 0.494 e. The molecule has 0 saturated heterocycles. The standard InChI is InChI=1S/C13H11BrN2O5/c1-21-9(17)6-16-12(19)10(11(18)15-13(16)20)7-4-2-3-5-8(7)14/h2-5,19H,6H2,1H3,(H,15,18,20). The van der Waals surface area contributed by atoms with E-state index in [1.807, 2.05) is 0 Å². The second-order valence-electron chi connectivity index (χ2n) is 4.10. The van der Waals surface area contributed by atoms with Crippen LogP contribution < -0.4 is 11.2 Å². The van der Waals surface area contributed by atoms with Crippen molar-refractivity contribution in [1.82, 2.24) is 9.55 Å². The lowest BCUT2D eigenvalue weighted by Crippen LogP contribution is -2.33. The van der Waals surface area contributed by atoms with Crippen LogP contribution in [0.2, 0.25) is 0 Å². The van der Waals surface area contributed by atoms with Crippen molar-refractivity contribution in [2.75, 3.05) is 7.11 Å². The van der Waals surface area contributed by atoms with Crippen LogP contribution in [0.15, 0.2) is 38.3 Å². The number of nitrogens with zero attached hydrogens (tertiary/aromatic N) is 1. The number of H-pyrrole nitrogens is 1. The van der Waals surface area contributed by atoms with Crippen molar-refractivity contribution in [2.45, 2.75) is 6.54 Å². The lowest BCUT2D eigenvalue weighted by Gasteiger charge is -2.11. The van der Waals surface area contributed by atoms with E-state index in [9.17, 15) is 19.5 Å².